The minimum Gasteiger partial charge on any atom is -0.418 e. The summed E-state index contributed by atoms with van der Waals surface area (Å²) in [4.78, 5) is 10.4. The summed E-state index contributed by atoms with van der Waals surface area (Å²) < 4.78 is 38.7. The second-order valence-electron chi connectivity index (χ2n) is 2.09. The molecule has 0 rings (SSSR count). The van der Waals surface area contributed by atoms with Crippen molar-refractivity contribution in [2.75, 3.05) is 0 Å². The van der Waals surface area contributed by atoms with Crippen LogP contribution in [-0.2, 0) is 9.53 Å². The molecular formula is C6H7F3O3. The molecule has 0 heterocycles. The molecule has 6 heteroatoms. The van der Waals surface area contributed by atoms with Gasteiger partial charge in [0.25, 0.3) is 0 Å². The summed E-state index contributed by atoms with van der Waals surface area (Å²) in [7, 11) is 0. The highest BCUT2D eigenvalue weighted by atomic mass is 19.3. The van der Waals surface area contributed by atoms with E-state index in [9.17, 15) is 18.0 Å². The number of alkyl halides is 3. The largest absolute Gasteiger partial charge is 0.420 e. The third kappa shape index (κ3) is 3.38. The second kappa shape index (κ2) is 3.57. The van der Waals surface area contributed by atoms with Crippen molar-refractivity contribution in [3.05, 3.63) is 12.2 Å². The third-order valence-corrected chi connectivity index (χ3v) is 0.832. The van der Waals surface area contributed by atoms with Crippen LogP contribution in [0.2, 0.25) is 0 Å². The van der Waals surface area contributed by atoms with Gasteiger partial charge < -0.3 is 9.84 Å². The minimum atomic E-state index is -4.68. The highest BCUT2D eigenvalue weighted by Gasteiger charge is 2.40. The number of ether oxygens (including phenoxy) is 1. The van der Waals surface area contributed by atoms with Crippen LogP contribution in [0.3, 0.4) is 0 Å². The zero-order valence-electron chi connectivity index (χ0n) is 6.18. The summed E-state index contributed by atoms with van der Waals surface area (Å²) in [6.07, 6.45) is -8.04. The summed E-state index contributed by atoms with van der Waals surface area (Å²) in [6.45, 7) is 4.18. The molecule has 0 fully saturated rings. The van der Waals surface area contributed by atoms with E-state index in [-0.39, 0.29) is 5.57 Å². The molecular weight excluding hydrogens is 177 g/mol. The molecule has 0 aliphatic rings. The van der Waals surface area contributed by atoms with E-state index in [1.807, 2.05) is 0 Å². The second-order valence-corrected chi connectivity index (χ2v) is 2.09. The molecule has 3 nitrogen and oxygen atoms in total. The highest BCUT2D eigenvalue weighted by Crippen LogP contribution is 2.19. The maximum absolute atomic E-state index is 12.0. The van der Waals surface area contributed by atoms with Gasteiger partial charge >= 0.3 is 18.4 Å². The normalized spacial score (nSPS) is 13.8. The third-order valence-electron chi connectivity index (χ3n) is 0.832. The van der Waals surface area contributed by atoms with E-state index in [0.717, 1.165) is 6.92 Å². The van der Waals surface area contributed by atoms with Gasteiger partial charge in [0.15, 0.2) is 0 Å². The highest BCUT2D eigenvalue weighted by molar-refractivity contribution is 5.87. The molecule has 0 aromatic rings. The van der Waals surface area contributed by atoms with Gasteiger partial charge in [-0.05, 0) is 6.92 Å². The van der Waals surface area contributed by atoms with Gasteiger partial charge in [-0.2, -0.15) is 13.2 Å². The van der Waals surface area contributed by atoms with Crippen LogP contribution < -0.4 is 0 Å². The molecule has 0 saturated heterocycles. The molecule has 0 aromatic carbocycles. The number of rotatable bonds is 3. The molecule has 0 bridgehead atoms. The van der Waals surface area contributed by atoms with Crippen LogP contribution in [0.5, 0.6) is 0 Å². The van der Waals surface area contributed by atoms with Crippen molar-refractivity contribution < 1.29 is 27.8 Å². The van der Waals surface area contributed by atoms with E-state index in [1.165, 1.54) is 0 Å². The first-order valence-corrected chi connectivity index (χ1v) is 2.86. The van der Waals surface area contributed by atoms with Crippen molar-refractivity contribution in [3.63, 3.8) is 0 Å². The summed E-state index contributed by atoms with van der Waals surface area (Å²) >= 11 is 0. The van der Waals surface area contributed by atoms with Crippen LogP contribution in [-0.4, -0.2) is 23.5 Å². The fourth-order valence-corrected chi connectivity index (χ4v) is 0.265. The Kier molecular flexibility index (Phi) is 3.26. The fourth-order valence-electron chi connectivity index (χ4n) is 0.265. The first-order valence-electron chi connectivity index (χ1n) is 2.86. The lowest BCUT2D eigenvalue weighted by atomic mass is 10.4. The summed E-state index contributed by atoms with van der Waals surface area (Å²) in [5, 5.41) is 7.70. The van der Waals surface area contributed by atoms with E-state index < -0.39 is 18.4 Å². The van der Waals surface area contributed by atoms with Crippen LogP contribution in [0.4, 0.5) is 13.2 Å². The van der Waals surface area contributed by atoms with Crippen molar-refractivity contribution in [2.24, 2.45) is 0 Å². The molecule has 0 spiro atoms. The van der Waals surface area contributed by atoms with Gasteiger partial charge in [0.2, 0.25) is 0 Å². The van der Waals surface area contributed by atoms with Gasteiger partial charge in [0.05, 0.1) is 0 Å². The summed E-state index contributed by atoms with van der Waals surface area (Å²) in [5.74, 6) is -1.32. The molecule has 0 saturated carbocycles. The minimum absolute atomic E-state index is 0.234. The van der Waals surface area contributed by atoms with Gasteiger partial charge in [-0.3, -0.25) is 0 Å². The Hall–Kier alpha value is -1.04. The SMILES string of the molecule is C=C(C)C(=O)OC(F)C(O)(F)F. The maximum atomic E-state index is 12.0. The Bertz CT molecular complexity index is 197. The van der Waals surface area contributed by atoms with E-state index in [4.69, 9.17) is 5.11 Å². The Morgan fingerprint density at radius 1 is 1.67 bits per heavy atom. The van der Waals surface area contributed by atoms with Gasteiger partial charge in [-0.25, -0.2) is 4.79 Å². The molecule has 0 amide bonds. The first kappa shape index (κ1) is 11.0. The first-order chi connectivity index (χ1) is 5.25. The Balaban J connectivity index is 4.11. The Labute approximate surface area is 66.4 Å². The molecule has 0 aliphatic carbocycles. The number of esters is 1. The molecule has 1 unspecified atom stereocenters. The molecule has 1 N–H and O–H groups in total. The summed E-state index contributed by atoms with van der Waals surface area (Å²) in [5.41, 5.74) is -0.234. The number of carbonyl (C=O) groups excluding carboxylic acids is 1. The number of aliphatic hydroxyl groups is 1. The molecule has 12 heavy (non-hydrogen) atoms. The van der Waals surface area contributed by atoms with Gasteiger partial charge in [-0.1, -0.05) is 6.58 Å². The van der Waals surface area contributed by atoms with Crippen LogP contribution in [0.1, 0.15) is 6.92 Å². The van der Waals surface area contributed by atoms with Crippen LogP contribution >= 0.6 is 0 Å². The Morgan fingerprint density at radius 3 is 2.33 bits per heavy atom. The standard InChI is InChI=1S/C6H7F3O3/c1-3(2)4(10)12-5(7)6(8,9)11/h5,11H,1H2,2H3. The van der Waals surface area contributed by atoms with Crippen molar-refractivity contribution in [1.82, 2.24) is 0 Å². The van der Waals surface area contributed by atoms with Crippen LogP contribution in [0.15, 0.2) is 12.2 Å². The number of hydrogen-bond acceptors (Lipinski definition) is 3. The molecule has 0 aliphatic heterocycles. The lowest BCUT2D eigenvalue weighted by molar-refractivity contribution is -0.298. The van der Waals surface area contributed by atoms with Crippen molar-refractivity contribution >= 4 is 5.97 Å². The average molecular weight is 184 g/mol. The molecule has 70 valence electrons. The van der Waals surface area contributed by atoms with E-state index in [2.05, 4.69) is 11.3 Å². The quantitative estimate of drug-likeness (QED) is 0.525. The predicted octanol–water partition coefficient (Wildman–Crippen LogP) is 0.986. The number of carbonyl (C=O) groups is 1. The average Bonchev–Trinajstić information content (AvgIpc) is 1.85. The molecule has 1 atom stereocenters. The predicted molar refractivity (Wildman–Crippen MR) is 33.0 cm³/mol. The molecule has 0 aromatic heterocycles. The van der Waals surface area contributed by atoms with Gasteiger partial charge in [0, 0.05) is 5.57 Å². The van der Waals surface area contributed by atoms with Crippen molar-refractivity contribution in [2.45, 2.75) is 19.4 Å². The van der Waals surface area contributed by atoms with E-state index in [0.29, 0.717) is 0 Å². The van der Waals surface area contributed by atoms with Gasteiger partial charge in [-0.15, -0.1) is 0 Å². The van der Waals surface area contributed by atoms with Crippen molar-refractivity contribution in [1.29, 1.82) is 0 Å². The van der Waals surface area contributed by atoms with Crippen LogP contribution in [0, 0.1) is 0 Å². The zero-order valence-corrected chi connectivity index (χ0v) is 6.18. The van der Waals surface area contributed by atoms with Crippen molar-refractivity contribution in [3.8, 4) is 0 Å². The number of halogens is 3. The van der Waals surface area contributed by atoms with E-state index in [1.54, 1.807) is 0 Å². The fraction of sp³-hybridized carbons (Fsp3) is 0.500. The maximum Gasteiger partial charge on any atom is 0.420 e. The lowest BCUT2D eigenvalue weighted by Crippen LogP contribution is -2.33. The zero-order chi connectivity index (χ0) is 9.94. The summed E-state index contributed by atoms with van der Waals surface area (Å²) in [6, 6.07) is 0. The van der Waals surface area contributed by atoms with Crippen LogP contribution in [0.25, 0.3) is 0 Å². The topological polar surface area (TPSA) is 46.5 Å². The lowest BCUT2D eigenvalue weighted by Gasteiger charge is -2.14. The monoisotopic (exact) mass is 184 g/mol. The smallest absolute Gasteiger partial charge is 0.418 e. The molecule has 0 radical (unpaired) electrons. The van der Waals surface area contributed by atoms with E-state index >= 15 is 0 Å². The Morgan fingerprint density at radius 2 is 2.08 bits per heavy atom. The number of hydrogen-bond donors (Lipinski definition) is 1. The van der Waals surface area contributed by atoms with Gasteiger partial charge in [0.1, 0.15) is 0 Å².